The molecule has 55 heavy (non-hydrogen) atoms. The van der Waals surface area contributed by atoms with Crippen LogP contribution in [0.15, 0.2) is 66.7 Å². The Morgan fingerprint density at radius 2 is 0.764 bits per heavy atom. The van der Waals surface area contributed by atoms with Crippen molar-refractivity contribution < 1.29 is 32.7 Å². The largest absolute Gasteiger partial charge is 0.675 e. The maximum absolute atomic E-state index is 6.13. The smallest absolute Gasteiger partial charge is 0.0751 e. The zero-order valence-corrected chi connectivity index (χ0v) is 44.9. The van der Waals surface area contributed by atoms with Gasteiger partial charge in [-0.25, -0.2) is 0 Å². The van der Waals surface area contributed by atoms with Crippen molar-refractivity contribution in [3.05, 3.63) is 118 Å². The second-order valence-electron chi connectivity index (χ2n) is 21.0. The fourth-order valence-electron chi connectivity index (χ4n) is 6.88. The van der Waals surface area contributed by atoms with Crippen LogP contribution in [0.25, 0.3) is 9.96 Å². The average molecular weight is 874 g/mol. The fraction of sp³-hybridized carbons (Fsp3) is 0.574. The third kappa shape index (κ3) is 14.6. The van der Waals surface area contributed by atoms with Crippen molar-refractivity contribution >= 4 is 36.2 Å². The Morgan fingerprint density at radius 1 is 0.509 bits per heavy atom. The van der Waals surface area contributed by atoms with Gasteiger partial charge in [0.1, 0.15) is 0 Å². The molecule has 0 bridgehead atoms. The van der Waals surface area contributed by atoms with Gasteiger partial charge in [-0.2, -0.15) is 0 Å². The Hall–Kier alpha value is -1.07. The number of nitrogens with zero attached hydrogens (tertiary/aromatic N) is 4. The summed E-state index contributed by atoms with van der Waals surface area (Å²) in [5, 5.41) is 0. The molecule has 0 amide bonds. The van der Waals surface area contributed by atoms with E-state index < -0.39 is 24.9 Å². The van der Waals surface area contributed by atoms with E-state index in [-0.39, 0.29) is 50.0 Å². The van der Waals surface area contributed by atoms with E-state index in [9.17, 15) is 0 Å². The standard InChI is InChI=1S/C39H58N4Si.2C4H11Si.Y/c1-26(2)31-22-18-23-32(27(3)4)35(31)40-44(41-36-33(28(5)6)24-19-25-34(36)29(7)8)42(38(9,10)11)37(43(44)39(12,13)14)30-20-16-15-17-21-30;2*1-5(2,3)4;/h15-29,37H,1-14H3;2*1H2,2-4H3;/q-2;2*-1;. The van der Waals surface area contributed by atoms with Crippen molar-refractivity contribution in [3.63, 3.8) is 0 Å². The van der Waals surface area contributed by atoms with Gasteiger partial charge in [-0.15, -0.1) is 27.5 Å². The van der Waals surface area contributed by atoms with Crippen LogP contribution in [0.1, 0.15) is 155 Å². The summed E-state index contributed by atoms with van der Waals surface area (Å²) in [6.45, 7) is 53.6. The summed E-state index contributed by atoms with van der Waals surface area (Å²) in [5.74, 6) is 1.40. The topological polar surface area (TPSA) is 34.7 Å². The maximum Gasteiger partial charge on any atom is 0.0751 e. The first kappa shape index (κ1) is 52.0. The van der Waals surface area contributed by atoms with Crippen LogP contribution in [-0.4, -0.2) is 45.1 Å². The van der Waals surface area contributed by atoms with E-state index in [2.05, 4.69) is 225 Å². The second-order valence-corrected chi connectivity index (χ2v) is 33.9. The van der Waals surface area contributed by atoms with Crippen LogP contribution in [0.5, 0.6) is 0 Å². The van der Waals surface area contributed by atoms with Crippen LogP contribution < -0.4 is 0 Å². The summed E-state index contributed by atoms with van der Waals surface area (Å²) in [5.41, 5.74) is 8.47. The zero-order valence-electron chi connectivity index (χ0n) is 39.0. The molecule has 1 aliphatic rings. The quantitative estimate of drug-likeness (QED) is 0.159. The summed E-state index contributed by atoms with van der Waals surface area (Å²) in [6.07, 6.45) is 0.0674. The van der Waals surface area contributed by atoms with E-state index in [4.69, 9.17) is 9.96 Å². The van der Waals surface area contributed by atoms with Gasteiger partial charge in [0.25, 0.3) is 0 Å². The molecule has 4 rings (SSSR count). The second kappa shape index (κ2) is 20.3. The van der Waals surface area contributed by atoms with E-state index >= 15 is 0 Å². The molecule has 1 saturated heterocycles. The van der Waals surface area contributed by atoms with Gasteiger partial charge >= 0.3 is 0 Å². The minimum atomic E-state index is -3.19. The molecule has 307 valence electrons. The summed E-state index contributed by atoms with van der Waals surface area (Å²) >= 11 is 0. The minimum Gasteiger partial charge on any atom is -0.675 e. The monoisotopic (exact) mass is 873 g/mol. The Morgan fingerprint density at radius 3 is 0.982 bits per heavy atom. The summed E-state index contributed by atoms with van der Waals surface area (Å²) in [6, 6.07) is 24.6. The molecular formula is C47H80N4Si3Y-4. The van der Waals surface area contributed by atoms with Crippen LogP contribution in [-0.2, 0) is 32.7 Å². The van der Waals surface area contributed by atoms with Gasteiger partial charge in [-0.1, -0.05) is 184 Å². The normalized spacial score (nSPS) is 15.5. The van der Waals surface area contributed by atoms with E-state index in [1.54, 1.807) is 0 Å². The van der Waals surface area contributed by atoms with Crippen molar-refractivity contribution in [3.8, 4) is 0 Å². The van der Waals surface area contributed by atoms with Gasteiger partial charge in [0, 0.05) is 52.5 Å². The molecule has 1 aliphatic heterocycles. The Labute approximate surface area is 370 Å². The molecule has 0 N–H and O–H groups in total. The Balaban J connectivity index is 0.00000122. The van der Waals surface area contributed by atoms with E-state index in [0.717, 1.165) is 11.4 Å². The molecular weight excluding hydrogens is 794 g/mol. The van der Waals surface area contributed by atoms with Gasteiger partial charge in [0.15, 0.2) is 0 Å². The van der Waals surface area contributed by atoms with Gasteiger partial charge < -0.3 is 32.2 Å². The van der Waals surface area contributed by atoms with Crippen molar-refractivity contribution in [2.24, 2.45) is 0 Å². The summed E-state index contributed by atoms with van der Waals surface area (Å²) < 4.78 is 5.42. The minimum absolute atomic E-state index is 0. The first-order chi connectivity index (χ1) is 24.4. The van der Waals surface area contributed by atoms with Crippen LogP contribution in [0.3, 0.4) is 0 Å². The van der Waals surface area contributed by atoms with Gasteiger partial charge in [-0.05, 0) is 70.8 Å². The molecule has 0 aliphatic carbocycles. The molecule has 0 unspecified atom stereocenters. The molecule has 0 saturated carbocycles. The number of hydrogen-bond donors (Lipinski definition) is 0. The summed E-state index contributed by atoms with van der Waals surface area (Å²) in [4.78, 5) is 12.3. The molecule has 3 aromatic carbocycles. The van der Waals surface area contributed by atoms with E-state index in [1.165, 1.54) is 27.8 Å². The van der Waals surface area contributed by atoms with Crippen molar-refractivity contribution in [2.75, 3.05) is 0 Å². The fourth-order valence-corrected chi connectivity index (χ4v) is 11.5. The molecule has 8 heteroatoms. The van der Waals surface area contributed by atoms with E-state index in [0.29, 0.717) is 23.7 Å². The number of hydrogen-bond acceptors (Lipinski definition) is 2. The zero-order chi connectivity index (χ0) is 41.8. The van der Waals surface area contributed by atoms with Gasteiger partial charge in [0.05, 0.1) is 6.17 Å². The third-order valence-corrected chi connectivity index (χ3v) is 13.1. The number of benzene rings is 3. The molecule has 1 heterocycles. The molecule has 0 atom stereocenters. The van der Waals surface area contributed by atoms with Crippen molar-refractivity contribution in [1.82, 2.24) is 9.13 Å². The predicted molar refractivity (Wildman–Crippen MR) is 251 cm³/mol. The van der Waals surface area contributed by atoms with Crippen LogP contribution in [0.2, 0.25) is 39.3 Å². The molecule has 3 aromatic rings. The predicted octanol–water partition coefficient (Wildman–Crippen LogP) is 15.6. The van der Waals surface area contributed by atoms with E-state index in [1.807, 2.05) is 0 Å². The van der Waals surface area contributed by atoms with Gasteiger partial charge in [-0.3, -0.25) is 0 Å². The van der Waals surface area contributed by atoms with Crippen LogP contribution >= 0.6 is 0 Å². The maximum atomic E-state index is 6.13. The molecule has 1 fully saturated rings. The summed E-state index contributed by atoms with van der Waals surface area (Å²) in [7, 11) is -4.91. The molecule has 0 aromatic heterocycles. The first-order valence-electron chi connectivity index (χ1n) is 20.5. The average Bonchev–Trinajstić information content (AvgIpc) is 2.96. The van der Waals surface area contributed by atoms with Gasteiger partial charge in [0.2, 0.25) is 0 Å². The molecule has 1 radical (unpaired) electrons. The number of rotatable bonds is 9. The SMILES string of the molecule is CC(C)c1cccc(C(C)C)c1[N-][Si]1([N-]c2c(C(C)C)cccc2C(C)C)N(C(C)(C)C)C(c2ccccc2)N1C(C)(C)C.[CH2-][Si](C)(C)C.[CH2-][Si](C)(C)C.[Y]. The molecule has 0 spiro atoms. The Kier molecular flexibility index (Phi) is 19.1. The Bertz CT molecular complexity index is 1440. The van der Waals surface area contributed by atoms with Crippen molar-refractivity contribution in [2.45, 2.75) is 177 Å². The molecule has 4 nitrogen and oxygen atoms in total. The van der Waals surface area contributed by atoms with Crippen molar-refractivity contribution in [1.29, 1.82) is 0 Å². The van der Waals surface area contributed by atoms with Crippen LogP contribution in [0, 0.1) is 13.1 Å². The van der Waals surface area contributed by atoms with Crippen LogP contribution in [0.4, 0.5) is 11.4 Å². The first-order valence-corrected chi connectivity index (χ1v) is 29.7. The third-order valence-electron chi connectivity index (χ3n) is 8.89.